The Morgan fingerprint density at radius 3 is 1.95 bits per heavy atom. The van der Waals surface area contributed by atoms with E-state index in [0.717, 1.165) is 5.56 Å². The lowest BCUT2D eigenvalue weighted by atomic mass is 10.1. The molecule has 21 heavy (non-hydrogen) atoms. The maximum Gasteiger partial charge on any atom is 0.210 e. The van der Waals surface area contributed by atoms with Gasteiger partial charge in [0, 0.05) is 0 Å². The molecular formula is C16H18O4S. The molecule has 112 valence electrons. The molecule has 0 heterocycles. The van der Waals surface area contributed by atoms with Gasteiger partial charge in [-0.15, -0.1) is 0 Å². The summed E-state index contributed by atoms with van der Waals surface area (Å²) in [6, 6.07) is 6.00. The van der Waals surface area contributed by atoms with Crippen molar-refractivity contribution in [1.29, 1.82) is 0 Å². The Bertz CT molecular complexity index is 797. The maximum atomic E-state index is 12.8. The van der Waals surface area contributed by atoms with Gasteiger partial charge in [-0.1, -0.05) is 6.07 Å². The summed E-state index contributed by atoms with van der Waals surface area (Å²) >= 11 is 0. The maximum absolute atomic E-state index is 12.8. The number of phenols is 2. The molecule has 2 rings (SSSR count). The molecule has 2 aromatic carbocycles. The molecule has 5 heteroatoms. The number of hydrogen-bond donors (Lipinski definition) is 2. The third kappa shape index (κ3) is 2.61. The fourth-order valence-corrected chi connectivity index (χ4v) is 4.31. The Kier molecular flexibility index (Phi) is 3.72. The van der Waals surface area contributed by atoms with Crippen molar-refractivity contribution >= 4 is 9.84 Å². The number of benzene rings is 2. The van der Waals surface area contributed by atoms with Gasteiger partial charge in [-0.2, -0.15) is 0 Å². The van der Waals surface area contributed by atoms with E-state index in [1.807, 2.05) is 0 Å². The van der Waals surface area contributed by atoms with Crippen LogP contribution in [0.3, 0.4) is 0 Å². The standard InChI is InChI=1S/C16H18O4S/c1-9-5-12(4)16(14(18)6-9)21(19,20)15-8-10(2)13(17)7-11(15)3/h5-8,17-18H,1-4H3. The first-order valence-electron chi connectivity index (χ1n) is 6.50. The predicted octanol–water partition coefficient (Wildman–Crippen LogP) is 3.16. The first kappa shape index (κ1) is 15.4. The molecule has 0 saturated heterocycles. The summed E-state index contributed by atoms with van der Waals surface area (Å²) in [5.41, 5.74) is 2.21. The number of rotatable bonds is 2. The lowest BCUT2D eigenvalue weighted by Crippen LogP contribution is -2.07. The van der Waals surface area contributed by atoms with E-state index < -0.39 is 9.84 Å². The lowest BCUT2D eigenvalue weighted by molar-refractivity contribution is 0.457. The first-order chi connectivity index (χ1) is 9.64. The second-order valence-electron chi connectivity index (χ2n) is 5.34. The number of sulfone groups is 1. The molecule has 0 radical (unpaired) electrons. The van der Waals surface area contributed by atoms with Crippen LogP contribution >= 0.6 is 0 Å². The van der Waals surface area contributed by atoms with Gasteiger partial charge in [0.1, 0.15) is 16.4 Å². The van der Waals surface area contributed by atoms with Gasteiger partial charge in [-0.25, -0.2) is 8.42 Å². The summed E-state index contributed by atoms with van der Waals surface area (Å²) in [7, 11) is -3.85. The average Bonchev–Trinajstić information content (AvgIpc) is 2.31. The minimum atomic E-state index is -3.85. The minimum absolute atomic E-state index is 0.0521. The van der Waals surface area contributed by atoms with Gasteiger partial charge in [0.15, 0.2) is 0 Å². The van der Waals surface area contributed by atoms with Crippen molar-refractivity contribution in [2.24, 2.45) is 0 Å². The molecule has 0 spiro atoms. The summed E-state index contributed by atoms with van der Waals surface area (Å²) in [5, 5.41) is 19.7. The Balaban J connectivity index is 2.78. The van der Waals surface area contributed by atoms with E-state index in [4.69, 9.17) is 0 Å². The summed E-state index contributed by atoms with van der Waals surface area (Å²) in [5.74, 6) is -0.200. The van der Waals surface area contributed by atoms with E-state index in [-0.39, 0.29) is 21.3 Å². The normalized spacial score (nSPS) is 11.6. The first-order valence-corrected chi connectivity index (χ1v) is 7.98. The highest BCUT2D eigenvalue weighted by Gasteiger charge is 2.26. The predicted molar refractivity (Wildman–Crippen MR) is 80.6 cm³/mol. The molecule has 0 fully saturated rings. The van der Waals surface area contributed by atoms with Gasteiger partial charge in [-0.3, -0.25) is 0 Å². The fraction of sp³-hybridized carbons (Fsp3) is 0.250. The summed E-state index contributed by atoms with van der Waals surface area (Å²) in [6.45, 7) is 6.70. The van der Waals surface area contributed by atoms with Gasteiger partial charge in [0.2, 0.25) is 9.84 Å². The Morgan fingerprint density at radius 1 is 0.762 bits per heavy atom. The second kappa shape index (κ2) is 5.07. The highest BCUT2D eigenvalue weighted by molar-refractivity contribution is 7.91. The molecule has 0 aliphatic rings. The molecule has 2 N–H and O–H groups in total. The quantitative estimate of drug-likeness (QED) is 0.893. The fourth-order valence-electron chi connectivity index (χ4n) is 2.46. The van der Waals surface area contributed by atoms with E-state index in [9.17, 15) is 18.6 Å². The van der Waals surface area contributed by atoms with Crippen LogP contribution < -0.4 is 0 Å². The smallest absolute Gasteiger partial charge is 0.210 e. The number of hydrogen-bond acceptors (Lipinski definition) is 4. The van der Waals surface area contributed by atoms with Crippen LogP contribution in [-0.4, -0.2) is 18.6 Å². The topological polar surface area (TPSA) is 74.6 Å². The van der Waals surface area contributed by atoms with E-state index in [0.29, 0.717) is 16.7 Å². The molecule has 2 aromatic rings. The van der Waals surface area contributed by atoms with Gasteiger partial charge in [0.05, 0.1) is 4.90 Å². The third-order valence-electron chi connectivity index (χ3n) is 3.45. The SMILES string of the molecule is Cc1cc(C)c(S(=O)(=O)c2cc(C)c(O)cc2C)c(O)c1. The van der Waals surface area contributed by atoms with Crippen molar-refractivity contribution in [3.8, 4) is 11.5 Å². The molecule has 0 bridgehead atoms. The van der Waals surface area contributed by atoms with Crippen molar-refractivity contribution < 1.29 is 18.6 Å². The number of aromatic hydroxyl groups is 2. The zero-order valence-electron chi connectivity index (χ0n) is 12.4. The summed E-state index contributed by atoms with van der Waals surface area (Å²) < 4.78 is 25.7. The van der Waals surface area contributed by atoms with Crippen molar-refractivity contribution in [1.82, 2.24) is 0 Å². The highest BCUT2D eigenvalue weighted by atomic mass is 32.2. The van der Waals surface area contributed by atoms with Crippen molar-refractivity contribution in [3.05, 3.63) is 46.5 Å². The Labute approximate surface area is 124 Å². The van der Waals surface area contributed by atoms with Crippen LogP contribution in [0, 0.1) is 27.7 Å². The minimum Gasteiger partial charge on any atom is -0.508 e. The van der Waals surface area contributed by atoms with Crippen LogP contribution in [0.1, 0.15) is 22.3 Å². The van der Waals surface area contributed by atoms with E-state index in [1.165, 1.54) is 18.2 Å². The summed E-state index contributed by atoms with van der Waals surface area (Å²) in [6.07, 6.45) is 0. The molecular weight excluding hydrogens is 288 g/mol. The number of aryl methyl sites for hydroxylation is 4. The van der Waals surface area contributed by atoms with Crippen LogP contribution in [0.5, 0.6) is 11.5 Å². The van der Waals surface area contributed by atoms with Gasteiger partial charge < -0.3 is 10.2 Å². The zero-order valence-corrected chi connectivity index (χ0v) is 13.2. The van der Waals surface area contributed by atoms with E-state index in [1.54, 1.807) is 33.8 Å². The van der Waals surface area contributed by atoms with Gasteiger partial charge in [0.25, 0.3) is 0 Å². The van der Waals surface area contributed by atoms with Gasteiger partial charge >= 0.3 is 0 Å². The molecule has 0 aliphatic heterocycles. The Hall–Kier alpha value is -2.01. The molecule has 0 saturated carbocycles. The van der Waals surface area contributed by atoms with Crippen LogP contribution in [-0.2, 0) is 9.84 Å². The van der Waals surface area contributed by atoms with E-state index in [2.05, 4.69) is 0 Å². The van der Waals surface area contributed by atoms with Crippen molar-refractivity contribution in [2.45, 2.75) is 37.5 Å². The molecule has 0 amide bonds. The average molecular weight is 306 g/mol. The molecule has 0 unspecified atom stereocenters. The monoisotopic (exact) mass is 306 g/mol. The number of phenolic OH excluding ortho intramolecular Hbond substituents is 2. The molecule has 0 atom stereocenters. The lowest BCUT2D eigenvalue weighted by Gasteiger charge is -2.14. The van der Waals surface area contributed by atoms with Crippen LogP contribution in [0.4, 0.5) is 0 Å². The van der Waals surface area contributed by atoms with Crippen LogP contribution in [0.2, 0.25) is 0 Å². The molecule has 0 aliphatic carbocycles. The van der Waals surface area contributed by atoms with Crippen molar-refractivity contribution in [2.75, 3.05) is 0 Å². The molecule has 4 nitrogen and oxygen atoms in total. The van der Waals surface area contributed by atoms with Crippen LogP contribution in [0.15, 0.2) is 34.1 Å². The Morgan fingerprint density at radius 2 is 1.38 bits per heavy atom. The zero-order chi connectivity index (χ0) is 15.9. The summed E-state index contributed by atoms with van der Waals surface area (Å²) in [4.78, 5) is 0.0151. The second-order valence-corrected chi connectivity index (χ2v) is 7.19. The van der Waals surface area contributed by atoms with Crippen LogP contribution in [0.25, 0.3) is 0 Å². The molecule has 0 aromatic heterocycles. The van der Waals surface area contributed by atoms with Gasteiger partial charge in [-0.05, 0) is 68.1 Å². The third-order valence-corrected chi connectivity index (χ3v) is 5.54. The largest absolute Gasteiger partial charge is 0.508 e. The van der Waals surface area contributed by atoms with E-state index >= 15 is 0 Å². The van der Waals surface area contributed by atoms with Crippen molar-refractivity contribution in [3.63, 3.8) is 0 Å². The highest BCUT2D eigenvalue weighted by Crippen LogP contribution is 2.35.